The van der Waals surface area contributed by atoms with Gasteiger partial charge in [0.25, 0.3) is 5.79 Å². The van der Waals surface area contributed by atoms with Crippen molar-refractivity contribution in [2.75, 3.05) is 20.2 Å². The van der Waals surface area contributed by atoms with Crippen LogP contribution in [0.1, 0.15) is 28.8 Å². The molecule has 0 aliphatic carbocycles. The minimum absolute atomic E-state index is 0.373. The molecular formula is C27H28N2O4. The summed E-state index contributed by atoms with van der Waals surface area (Å²) in [7, 11) is 1.60. The molecular weight excluding hydrogens is 416 g/mol. The first-order chi connectivity index (χ1) is 16.0. The van der Waals surface area contributed by atoms with E-state index in [-0.39, 0.29) is 6.04 Å². The van der Waals surface area contributed by atoms with Crippen LogP contribution in [-0.2, 0) is 10.5 Å². The first kappa shape index (κ1) is 21.6. The number of methoxy groups -OCH3 is 1. The Bertz CT molecular complexity index is 1180. The average Bonchev–Trinajstić information content (AvgIpc) is 2.88. The lowest BCUT2D eigenvalue weighted by Gasteiger charge is -2.53. The molecule has 2 aromatic carbocycles. The van der Waals surface area contributed by atoms with Gasteiger partial charge in [-0.15, -0.1) is 6.58 Å². The molecule has 5 atom stereocenters. The molecule has 3 aliphatic rings. The summed E-state index contributed by atoms with van der Waals surface area (Å²) in [6.07, 6.45) is 5.41. The summed E-state index contributed by atoms with van der Waals surface area (Å²) in [6, 6.07) is 15.7. The second kappa shape index (κ2) is 8.61. The van der Waals surface area contributed by atoms with Crippen LogP contribution in [0.5, 0.6) is 5.75 Å². The fourth-order valence-electron chi connectivity index (χ4n) is 5.38. The number of fused-ring (bicyclic) bond motifs is 4. The molecule has 0 spiro atoms. The van der Waals surface area contributed by atoms with E-state index in [4.69, 9.17) is 9.47 Å². The van der Waals surface area contributed by atoms with Gasteiger partial charge in [-0.25, -0.2) is 4.79 Å². The number of hydrogen-bond acceptors (Lipinski definition) is 6. The molecule has 1 unspecified atom stereocenters. The predicted molar refractivity (Wildman–Crippen MR) is 126 cm³/mol. The largest absolute Gasteiger partial charge is 0.497 e. The molecule has 6 rings (SSSR count). The van der Waals surface area contributed by atoms with Crippen molar-refractivity contribution in [2.24, 2.45) is 11.8 Å². The van der Waals surface area contributed by atoms with E-state index in [0.717, 1.165) is 19.5 Å². The molecule has 6 nitrogen and oxygen atoms in total. The molecule has 1 aromatic heterocycles. The van der Waals surface area contributed by atoms with Gasteiger partial charge in [0, 0.05) is 23.7 Å². The van der Waals surface area contributed by atoms with Crippen LogP contribution >= 0.6 is 0 Å². The zero-order chi connectivity index (χ0) is 23.0. The normalized spacial score (nSPS) is 25.9. The Labute approximate surface area is 193 Å². The summed E-state index contributed by atoms with van der Waals surface area (Å²) >= 11 is 0. The van der Waals surface area contributed by atoms with Gasteiger partial charge in [-0.1, -0.05) is 24.3 Å². The smallest absolute Gasteiger partial charge is 0.340 e. The number of rotatable bonds is 6. The molecule has 33 heavy (non-hydrogen) atoms. The van der Waals surface area contributed by atoms with E-state index < -0.39 is 11.8 Å². The molecule has 3 aliphatic heterocycles. The predicted octanol–water partition coefficient (Wildman–Crippen LogP) is 4.14. The Balaban J connectivity index is 1.63. The highest BCUT2D eigenvalue weighted by Crippen LogP contribution is 2.46. The first-order valence-electron chi connectivity index (χ1n) is 11.3. The third-order valence-electron chi connectivity index (χ3n) is 7.15. The van der Waals surface area contributed by atoms with Gasteiger partial charge in [0.2, 0.25) is 0 Å². The molecule has 0 amide bonds. The van der Waals surface area contributed by atoms with Crippen molar-refractivity contribution in [1.29, 1.82) is 0 Å². The van der Waals surface area contributed by atoms with Gasteiger partial charge in [-0.05, 0) is 67.6 Å². The number of carbonyl (C=O) groups is 1. The molecule has 3 saturated heterocycles. The number of esters is 1. The van der Waals surface area contributed by atoms with Crippen LogP contribution in [0, 0.1) is 11.8 Å². The van der Waals surface area contributed by atoms with E-state index in [1.54, 1.807) is 43.6 Å². The Morgan fingerprint density at radius 3 is 2.76 bits per heavy atom. The van der Waals surface area contributed by atoms with E-state index in [1.165, 1.54) is 0 Å². The first-order valence-corrected chi connectivity index (χ1v) is 11.3. The molecule has 4 heterocycles. The standard InChI is InChI=1S/C27H28N2O4/c1-3-18-17-29-14-12-20(18)15-25(29)27(31,33-26(30)19-7-5-4-6-8-19)23-11-13-28-24-10-9-21(32-2)16-22(23)24/h3-11,13,16,18,20,25,31H,1,12,14-15,17H2,2H3/t18-,20-,25-,27+/m0/s1. The summed E-state index contributed by atoms with van der Waals surface area (Å²) in [5.74, 6) is -1.01. The number of benzene rings is 2. The second-order valence-corrected chi connectivity index (χ2v) is 8.89. The Morgan fingerprint density at radius 1 is 1.24 bits per heavy atom. The molecule has 3 aromatic rings. The van der Waals surface area contributed by atoms with E-state index >= 15 is 0 Å². The minimum atomic E-state index is -1.86. The number of pyridine rings is 1. The van der Waals surface area contributed by atoms with Gasteiger partial charge in [-0.2, -0.15) is 0 Å². The highest BCUT2D eigenvalue weighted by molar-refractivity contribution is 5.90. The quantitative estimate of drug-likeness (QED) is 0.350. The molecule has 6 heteroatoms. The summed E-state index contributed by atoms with van der Waals surface area (Å²) in [5.41, 5.74) is 1.61. The maximum Gasteiger partial charge on any atom is 0.340 e. The Hall–Kier alpha value is -3.22. The van der Waals surface area contributed by atoms with Crippen LogP contribution in [0.4, 0.5) is 0 Å². The number of nitrogens with zero attached hydrogens (tertiary/aromatic N) is 2. The van der Waals surface area contributed by atoms with Crippen LogP contribution < -0.4 is 4.74 Å². The molecule has 2 bridgehead atoms. The molecule has 1 N–H and O–H groups in total. The van der Waals surface area contributed by atoms with Gasteiger partial charge in [0.15, 0.2) is 0 Å². The molecule has 3 fully saturated rings. The number of carbonyl (C=O) groups excluding carboxylic acids is 1. The Kier molecular flexibility index (Phi) is 5.64. The fraction of sp³-hybridized carbons (Fsp3) is 0.333. The Morgan fingerprint density at radius 2 is 2.06 bits per heavy atom. The fourth-order valence-corrected chi connectivity index (χ4v) is 5.38. The summed E-state index contributed by atoms with van der Waals surface area (Å²) in [6.45, 7) is 5.63. The third kappa shape index (κ3) is 3.79. The van der Waals surface area contributed by atoms with Crippen molar-refractivity contribution >= 4 is 16.9 Å². The average molecular weight is 445 g/mol. The molecule has 0 radical (unpaired) electrons. The van der Waals surface area contributed by atoms with Crippen molar-refractivity contribution < 1.29 is 19.4 Å². The third-order valence-corrected chi connectivity index (χ3v) is 7.15. The van der Waals surface area contributed by atoms with Crippen LogP contribution in [0.2, 0.25) is 0 Å². The lowest BCUT2D eigenvalue weighted by molar-refractivity contribution is -0.236. The summed E-state index contributed by atoms with van der Waals surface area (Å²) in [5, 5.41) is 13.0. The van der Waals surface area contributed by atoms with Gasteiger partial charge >= 0.3 is 5.97 Å². The van der Waals surface area contributed by atoms with Crippen molar-refractivity contribution in [3.05, 3.63) is 84.6 Å². The maximum atomic E-state index is 13.2. The monoisotopic (exact) mass is 444 g/mol. The highest BCUT2D eigenvalue weighted by atomic mass is 16.7. The van der Waals surface area contributed by atoms with Gasteiger partial charge in [0.1, 0.15) is 5.75 Å². The summed E-state index contributed by atoms with van der Waals surface area (Å²) in [4.78, 5) is 19.9. The summed E-state index contributed by atoms with van der Waals surface area (Å²) < 4.78 is 11.5. The second-order valence-electron chi connectivity index (χ2n) is 8.89. The number of piperidine rings is 3. The minimum Gasteiger partial charge on any atom is -0.497 e. The van der Waals surface area contributed by atoms with Crippen molar-refractivity contribution in [2.45, 2.75) is 24.7 Å². The zero-order valence-electron chi connectivity index (χ0n) is 18.7. The molecule has 0 saturated carbocycles. The lowest BCUT2D eigenvalue weighted by atomic mass is 9.72. The highest BCUT2D eigenvalue weighted by Gasteiger charge is 2.52. The van der Waals surface area contributed by atoms with E-state index in [2.05, 4.69) is 16.5 Å². The van der Waals surface area contributed by atoms with Gasteiger partial charge < -0.3 is 14.6 Å². The van der Waals surface area contributed by atoms with Crippen molar-refractivity contribution in [3.63, 3.8) is 0 Å². The van der Waals surface area contributed by atoms with Crippen molar-refractivity contribution in [3.8, 4) is 5.75 Å². The van der Waals surface area contributed by atoms with E-state index in [9.17, 15) is 9.90 Å². The van der Waals surface area contributed by atoms with Crippen LogP contribution in [0.25, 0.3) is 10.9 Å². The van der Waals surface area contributed by atoms with Gasteiger partial charge in [0.05, 0.1) is 24.2 Å². The maximum absolute atomic E-state index is 13.2. The number of ether oxygens (including phenoxy) is 2. The SMILES string of the molecule is C=C[C@H]1CN2CC[C@H]1C[C@H]2[C@](O)(OC(=O)c1ccccc1)c1ccnc2ccc(OC)cc12. The van der Waals surface area contributed by atoms with Crippen LogP contribution in [-0.4, -0.2) is 47.2 Å². The van der Waals surface area contributed by atoms with E-state index in [0.29, 0.717) is 46.0 Å². The van der Waals surface area contributed by atoms with Crippen LogP contribution in [0.3, 0.4) is 0 Å². The zero-order valence-corrected chi connectivity index (χ0v) is 18.7. The van der Waals surface area contributed by atoms with Crippen molar-refractivity contribution in [1.82, 2.24) is 9.88 Å². The number of aromatic nitrogens is 1. The number of hydrogen-bond donors (Lipinski definition) is 1. The lowest BCUT2D eigenvalue weighted by Crippen LogP contribution is -2.62. The van der Waals surface area contributed by atoms with Crippen LogP contribution in [0.15, 0.2) is 73.4 Å². The number of aliphatic hydroxyl groups is 1. The van der Waals surface area contributed by atoms with Gasteiger partial charge in [-0.3, -0.25) is 9.88 Å². The topological polar surface area (TPSA) is 71.9 Å². The molecule has 170 valence electrons. The van der Waals surface area contributed by atoms with E-state index in [1.807, 2.05) is 30.3 Å².